The van der Waals surface area contributed by atoms with Gasteiger partial charge in [-0.2, -0.15) is 0 Å². The lowest BCUT2D eigenvalue weighted by molar-refractivity contribution is -0.118. The number of halogens is 2. The van der Waals surface area contributed by atoms with Crippen LogP contribution in [0.2, 0.25) is 5.02 Å². The molecule has 0 fully saturated rings. The lowest BCUT2D eigenvalue weighted by Gasteiger charge is -2.13. The number of carbonyl (C=O) groups is 1. The maximum Gasteiger partial charge on any atom is 0.264 e. The molecule has 0 spiro atoms. The highest BCUT2D eigenvalue weighted by Crippen LogP contribution is 2.30. The number of pyridine rings is 2. The van der Waals surface area contributed by atoms with Crippen LogP contribution in [0.15, 0.2) is 112 Å². The predicted molar refractivity (Wildman–Crippen MR) is 199 cm³/mol. The first-order valence-corrected chi connectivity index (χ1v) is 19.7. The van der Waals surface area contributed by atoms with Gasteiger partial charge in [0.2, 0.25) is 0 Å². The van der Waals surface area contributed by atoms with Gasteiger partial charge in [0.15, 0.2) is 16.9 Å². The highest BCUT2D eigenvalue weighted by molar-refractivity contribution is 7.93. The van der Waals surface area contributed by atoms with Crippen molar-refractivity contribution in [2.24, 2.45) is 0 Å². The summed E-state index contributed by atoms with van der Waals surface area (Å²) in [5, 5.41) is 7.22. The Morgan fingerprint density at radius 3 is 1.92 bits per heavy atom. The second-order valence-corrected chi connectivity index (χ2v) is 15.9. The average molecular weight is 799 g/mol. The van der Waals surface area contributed by atoms with Crippen molar-refractivity contribution in [2.45, 2.75) is 9.79 Å². The SMILES string of the molecule is Nc1ccc(S(=O)(=O)Nc2nccs2)c2cccnc12.O=C(COc1ccc(F)c(Cl)c1)Nc1ccc(S(=O)(=O)Nc2nccs2)c2cccnc12. The van der Waals surface area contributed by atoms with Gasteiger partial charge in [0.25, 0.3) is 26.0 Å². The fourth-order valence-electron chi connectivity index (χ4n) is 4.67. The minimum Gasteiger partial charge on any atom is -0.484 e. The van der Waals surface area contributed by atoms with Crippen LogP contribution in [0.5, 0.6) is 5.75 Å². The Balaban J connectivity index is 0.000000198. The molecule has 5 N–H and O–H groups in total. The summed E-state index contributed by atoms with van der Waals surface area (Å²) in [6.07, 6.45) is 6.08. The molecule has 52 heavy (non-hydrogen) atoms. The van der Waals surface area contributed by atoms with E-state index in [1.165, 1.54) is 66.3 Å². The third kappa shape index (κ3) is 8.35. The zero-order valence-electron chi connectivity index (χ0n) is 26.2. The molecule has 0 aliphatic rings. The number of carbonyl (C=O) groups excluding carboxylic acids is 1. The Kier molecular flexibility index (Phi) is 10.8. The molecule has 4 heterocycles. The number of rotatable bonds is 10. The van der Waals surface area contributed by atoms with Gasteiger partial charge < -0.3 is 15.8 Å². The number of ether oxygens (including phenoxy) is 1. The van der Waals surface area contributed by atoms with Crippen LogP contribution >= 0.6 is 34.3 Å². The molecule has 0 saturated heterocycles. The number of nitrogen functional groups attached to an aromatic ring is 1. The fourth-order valence-corrected chi connectivity index (χ4v) is 8.82. The van der Waals surface area contributed by atoms with E-state index in [-0.39, 0.29) is 37.8 Å². The molecule has 7 rings (SSSR count). The minimum atomic E-state index is -3.93. The van der Waals surface area contributed by atoms with Gasteiger partial charge in [-0.1, -0.05) is 11.6 Å². The van der Waals surface area contributed by atoms with Gasteiger partial charge >= 0.3 is 0 Å². The highest BCUT2D eigenvalue weighted by Gasteiger charge is 2.22. The maximum absolute atomic E-state index is 13.2. The Hall–Kier alpha value is -5.47. The molecule has 7 aromatic rings. The topological polar surface area (TPSA) is 208 Å². The van der Waals surface area contributed by atoms with E-state index in [1.54, 1.807) is 41.2 Å². The van der Waals surface area contributed by atoms with E-state index in [1.807, 2.05) is 0 Å². The standard InChI is InChI=1S/C20H14ClFN4O4S2.C12H10N4O2S2/c21-14-10-12(3-4-15(14)22)30-11-18(27)25-16-5-6-17(13-2-1-7-23-19(13)16)32(28,29)26-20-24-8-9-31-20;13-9-3-4-10(8-2-1-5-14-11(8)9)20(17,18)16-12-15-6-7-19-12/h1-10H,11H2,(H,24,26)(H,25,27);1-7H,13H2,(H,15,16). The number of aromatic nitrogens is 4. The molecule has 4 aromatic heterocycles. The molecule has 0 radical (unpaired) electrons. The molecule has 3 aromatic carbocycles. The molecule has 0 aliphatic carbocycles. The van der Waals surface area contributed by atoms with Crippen LogP contribution < -0.4 is 25.2 Å². The van der Waals surface area contributed by atoms with E-state index in [9.17, 15) is 26.0 Å². The molecule has 266 valence electrons. The third-order valence-electron chi connectivity index (χ3n) is 6.91. The summed E-state index contributed by atoms with van der Waals surface area (Å²) in [5.74, 6) is -0.890. The summed E-state index contributed by atoms with van der Waals surface area (Å²) in [6, 6.07) is 16.1. The Morgan fingerprint density at radius 1 is 0.769 bits per heavy atom. The summed E-state index contributed by atoms with van der Waals surface area (Å²) in [4.78, 5) is 28.7. The molecule has 1 amide bonds. The van der Waals surface area contributed by atoms with Crippen LogP contribution in [0.4, 0.5) is 26.0 Å². The van der Waals surface area contributed by atoms with E-state index in [2.05, 4.69) is 34.7 Å². The first-order valence-electron chi connectivity index (χ1n) is 14.6. The number of benzene rings is 3. The first-order chi connectivity index (χ1) is 24.9. The number of thiazole rings is 2. The van der Waals surface area contributed by atoms with Gasteiger partial charge in [0.1, 0.15) is 11.6 Å². The van der Waals surface area contributed by atoms with E-state index >= 15 is 0 Å². The van der Waals surface area contributed by atoms with E-state index in [0.717, 1.165) is 17.4 Å². The largest absolute Gasteiger partial charge is 0.484 e. The Morgan fingerprint density at radius 2 is 1.35 bits per heavy atom. The molecule has 0 unspecified atom stereocenters. The second kappa shape index (κ2) is 15.4. The second-order valence-electron chi connectivity index (χ2n) is 10.4. The molecule has 0 saturated carbocycles. The van der Waals surface area contributed by atoms with Crippen molar-refractivity contribution in [3.05, 3.63) is 113 Å². The summed E-state index contributed by atoms with van der Waals surface area (Å²) >= 11 is 8.06. The van der Waals surface area contributed by atoms with Gasteiger partial charge in [-0.15, -0.1) is 22.7 Å². The number of hydrogen-bond donors (Lipinski definition) is 4. The van der Waals surface area contributed by atoms with Gasteiger partial charge in [-0.25, -0.2) is 31.2 Å². The fraction of sp³-hybridized carbons (Fsp3) is 0.0312. The van der Waals surface area contributed by atoms with Crippen molar-refractivity contribution < 1.29 is 30.8 Å². The number of nitrogens with two attached hydrogens (primary N) is 1. The van der Waals surface area contributed by atoms with Crippen molar-refractivity contribution in [1.29, 1.82) is 0 Å². The third-order valence-corrected chi connectivity index (χ3v) is 11.6. The van der Waals surface area contributed by atoms with Crippen LogP contribution in [0.25, 0.3) is 21.8 Å². The molecule has 20 heteroatoms. The molecular formula is C32H24ClFN8O6S4. The summed E-state index contributed by atoms with van der Waals surface area (Å²) < 4.78 is 73.9. The molecule has 0 bridgehead atoms. The van der Waals surface area contributed by atoms with E-state index in [4.69, 9.17) is 22.1 Å². The van der Waals surface area contributed by atoms with Crippen molar-refractivity contribution in [2.75, 3.05) is 27.1 Å². The Bertz CT molecular complexity index is 2610. The summed E-state index contributed by atoms with van der Waals surface area (Å²) in [6.45, 7) is -0.373. The highest BCUT2D eigenvalue weighted by atomic mass is 35.5. The van der Waals surface area contributed by atoms with Crippen molar-refractivity contribution in [3.8, 4) is 5.75 Å². The average Bonchev–Trinajstić information content (AvgIpc) is 3.83. The van der Waals surface area contributed by atoms with Gasteiger partial charge in [0, 0.05) is 52.4 Å². The first kappa shape index (κ1) is 36.3. The molecule has 0 atom stereocenters. The van der Waals surface area contributed by atoms with Gasteiger partial charge in [0.05, 0.1) is 37.2 Å². The van der Waals surface area contributed by atoms with Crippen molar-refractivity contribution >= 4 is 104 Å². The zero-order valence-corrected chi connectivity index (χ0v) is 30.2. The van der Waals surface area contributed by atoms with Crippen LogP contribution in [-0.2, 0) is 24.8 Å². The lowest BCUT2D eigenvalue weighted by Crippen LogP contribution is -2.21. The van der Waals surface area contributed by atoms with E-state index in [0.29, 0.717) is 32.8 Å². The van der Waals surface area contributed by atoms with Crippen molar-refractivity contribution in [1.82, 2.24) is 19.9 Å². The smallest absolute Gasteiger partial charge is 0.264 e. The number of nitrogens with zero attached hydrogens (tertiary/aromatic N) is 4. The quantitative estimate of drug-likeness (QED) is 0.112. The van der Waals surface area contributed by atoms with Crippen LogP contribution in [-0.4, -0.2) is 49.3 Å². The number of amides is 1. The summed E-state index contributed by atoms with van der Waals surface area (Å²) in [5.41, 5.74) is 7.31. The normalized spacial score (nSPS) is 11.4. The van der Waals surface area contributed by atoms with E-state index < -0.39 is 31.8 Å². The minimum absolute atomic E-state index is 0.00833. The van der Waals surface area contributed by atoms with Crippen LogP contribution in [0.1, 0.15) is 0 Å². The number of sulfonamides is 2. The van der Waals surface area contributed by atoms with Crippen LogP contribution in [0, 0.1) is 5.82 Å². The maximum atomic E-state index is 13.2. The zero-order chi connectivity index (χ0) is 36.9. The number of hydrogen-bond acceptors (Lipinski definition) is 13. The number of anilines is 4. The Labute approximate surface area is 308 Å². The van der Waals surface area contributed by atoms with Crippen LogP contribution in [0.3, 0.4) is 0 Å². The van der Waals surface area contributed by atoms with Gasteiger partial charge in [-0.05, 0) is 60.7 Å². The monoisotopic (exact) mass is 798 g/mol. The lowest BCUT2D eigenvalue weighted by atomic mass is 10.2. The molecule has 14 nitrogen and oxygen atoms in total. The molecule has 0 aliphatic heterocycles. The number of fused-ring (bicyclic) bond motifs is 2. The summed E-state index contributed by atoms with van der Waals surface area (Å²) in [7, 11) is -7.66. The number of nitrogens with one attached hydrogen (secondary N) is 3. The van der Waals surface area contributed by atoms with Crippen molar-refractivity contribution in [3.63, 3.8) is 0 Å². The predicted octanol–water partition coefficient (Wildman–Crippen LogP) is 6.38. The molecular weight excluding hydrogens is 775 g/mol. The van der Waals surface area contributed by atoms with Gasteiger partial charge in [-0.3, -0.25) is 24.2 Å².